The predicted octanol–water partition coefficient (Wildman–Crippen LogP) is 4.63. The van der Waals surface area contributed by atoms with Gasteiger partial charge in [-0.05, 0) is 53.6 Å². The minimum absolute atomic E-state index is 0.246. The average Bonchev–Trinajstić information content (AvgIpc) is 3.27. The van der Waals surface area contributed by atoms with Crippen molar-refractivity contribution in [3.63, 3.8) is 0 Å². The zero-order valence-electron chi connectivity index (χ0n) is 11.0. The van der Waals surface area contributed by atoms with Gasteiger partial charge in [-0.2, -0.15) is 0 Å². The molecule has 0 saturated heterocycles. The van der Waals surface area contributed by atoms with E-state index in [0.717, 1.165) is 5.56 Å². The van der Waals surface area contributed by atoms with Gasteiger partial charge in [0.25, 0.3) is 0 Å². The van der Waals surface area contributed by atoms with Crippen molar-refractivity contribution in [3.8, 4) is 0 Å². The first kappa shape index (κ1) is 13.6. The molecule has 0 amide bonds. The maximum Gasteiger partial charge on any atom is 0.126 e. The predicted molar refractivity (Wildman–Crippen MR) is 78.5 cm³/mol. The Kier molecular flexibility index (Phi) is 3.77. The Bertz CT molecular complexity index is 622. The lowest BCUT2D eigenvalue weighted by molar-refractivity contribution is 0.176. The van der Waals surface area contributed by atoms with E-state index in [1.165, 1.54) is 30.5 Å². The van der Waals surface area contributed by atoms with Crippen molar-refractivity contribution in [1.29, 1.82) is 0 Å². The van der Waals surface area contributed by atoms with E-state index in [1.54, 1.807) is 6.07 Å². The molecule has 3 heteroatoms. The van der Waals surface area contributed by atoms with Crippen LogP contribution < -0.4 is 0 Å². The Hall–Kier alpha value is -1.38. The van der Waals surface area contributed by atoms with E-state index in [1.807, 2.05) is 18.2 Å². The van der Waals surface area contributed by atoms with Crippen LogP contribution >= 0.6 is 11.6 Å². The summed E-state index contributed by atoms with van der Waals surface area (Å²) in [5, 5.41) is 10.9. The number of benzene rings is 2. The number of aliphatic hydroxyl groups is 1. The Morgan fingerprint density at radius 2 is 1.95 bits per heavy atom. The van der Waals surface area contributed by atoms with Gasteiger partial charge in [-0.25, -0.2) is 4.39 Å². The first-order valence-corrected chi connectivity index (χ1v) is 7.24. The van der Waals surface area contributed by atoms with Crippen LogP contribution in [-0.2, 0) is 6.42 Å². The summed E-state index contributed by atoms with van der Waals surface area (Å²) in [6, 6.07) is 12.3. The van der Waals surface area contributed by atoms with E-state index in [9.17, 15) is 9.50 Å². The fourth-order valence-electron chi connectivity index (χ4n) is 2.60. The third kappa shape index (κ3) is 2.87. The fraction of sp³-hybridized carbons (Fsp3) is 0.294. The van der Waals surface area contributed by atoms with Crippen molar-refractivity contribution in [2.24, 2.45) is 0 Å². The van der Waals surface area contributed by atoms with E-state index < -0.39 is 6.10 Å². The van der Waals surface area contributed by atoms with E-state index in [4.69, 9.17) is 11.6 Å². The summed E-state index contributed by atoms with van der Waals surface area (Å²) >= 11 is 5.89. The highest BCUT2D eigenvalue weighted by Gasteiger charge is 2.27. The molecule has 0 heterocycles. The Morgan fingerprint density at radius 1 is 1.20 bits per heavy atom. The number of hydrogen-bond donors (Lipinski definition) is 1. The highest BCUT2D eigenvalue weighted by molar-refractivity contribution is 6.30. The van der Waals surface area contributed by atoms with Crippen molar-refractivity contribution in [2.45, 2.75) is 31.3 Å². The lowest BCUT2D eigenvalue weighted by Crippen LogP contribution is -2.06. The van der Waals surface area contributed by atoms with Gasteiger partial charge in [0, 0.05) is 11.4 Å². The highest BCUT2D eigenvalue weighted by Crippen LogP contribution is 2.43. The monoisotopic (exact) mass is 290 g/mol. The van der Waals surface area contributed by atoms with Crippen LogP contribution in [0.15, 0.2) is 42.5 Å². The third-order valence-electron chi connectivity index (χ3n) is 3.79. The summed E-state index contributed by atoms with van der Waals surface area (Å²) in [5.41, 5.74) is 2.56. The van der Waals surface area contributed by atoms with Gasteiger partial charge in [0.2, 0.25) is 0 Å². The summed E-state index contributed by atoms with van der Waals surface area (Å²) in [4.78, 5) is 0. The number of rotatable bonds is 4. The topological polar surface area (TPSA) is 20.2 Å². The lowest BCUT2D eigenvalue weighted by atomic mass is 9.94. The molecule has 20 heavy (non-hydrogen) atoms. The van der Waals surface area contributed by atoms with E-state index in [2.05, 4.69) is 6.07 Å². The lowest BCUT2D eigenvalue weighted by Gasteiger charge is -2.16. The molecule has 0 radical (unpaired) electrons. The molecule has 0 aliphatic heterocycles. The first-order valence-electron chi connectivity index (χ1n) is 6.86. The molecule has 2 aromatic rings. The second-order valence-electron chi connectivity index (χ2n) is 5.36. The minimum atomic E-state index is -0.695. The number of hydrogen-bond acceptors (Lipinski definition) is 1. The molecule has 1 unspecified atom stereocenters. The second kappa shape index (κ2) is 5.55. The van der Waals surface area contributed by atoms with Gasteiger partial charge in [-0.3, -0.25) is 0 Å². The van der Waals surface area contributed by atoms with Crippen LogP contribution in [0.5, 0.6) is 0 Å². The van der Waals surface area contributed by atoms with Gasteiger partial charge in [0.1, 0.15) is 5.82 Å². The van der Waals surface area contributed by atoms with Gasteiger partial charge >= 0.3 is 0 Å². The average molecular weight is 291 g/mol. The van der Waals surface area contributed by atoms with Crippen molar-refractivity contribution >= 4 is 11.6 Å². The molecule has 1 N–H and O–H groups in total. The largest absolute Gasteiger partial charge is 0.388 e. The summed E-state index contributed by atoms with van der Waals surface area (Å²) in [7, 11) is 0. The number of halogens is 2. The third-order valence-corrected chi connectivity index (χ3v) is 4.03. The Labute approximate surface area is 123 Å². The summed E-state index contributed by atoms with van der Waals surface area (Å²) in [6.45, 7) is 0. The van der Waals surface area contributed by atoms with Crippen LogP contribution in [0.4, 0.5) is 4.39 Å². The first-order chi connectivity index (χ1) is 9.65. The molecular weight excluding hydrogens is 275 g/mol. The minimum Gasteiger partial charge on any atom is -0.388 e. The van der Waals surface area contributed by atoms with Crippen molar-refractivity contribution in [3.05, 3.63) is 70.0 Å². The Morgan fingerprint density at radius 3 is 2.70 bits per heavy atom. The maximum absolute atomic E-state index is 13.7. The molecular formula is C17H16ClFO. The van der Waals surface area contributed by atoms with Crippen LogP contribution in [-0.4, -0.2) is 5.11 Å². The summed E-state index contributed by atoms with van der Waals surface area (Å²) < 4.78 is 13.7. The zero-order valence-corrected chi connectivity index (χ0v) is 11.8. The van der Waals surface area contributed by atoms with Crippen molar-refractivity contribution in [2.75, 3.05) is 0 Å². The van der Waals surface area contributed by atoms with Gasteiger partial charge in [0.05, 0.1) is 6.10 Å². The van der Waals surface area contributed by atoms with Crippen molar-refractivity contribution in [1.82, 2.24) is 0 Å². The quantitative estimate of drug-likeness (QED) is 0.870. The SMILES string of the molecule is OC(Cc1cc(Cl)ccc1F)c1ccccc1C1CC1. The summed E-state index contributed by atoms with van der Waals surface area (Å²) in [6.07, 6.45) is 1.90. The molecule has 0 aromatic heterocycles. The molecule has 0 spiro atoms. The van der Waals surface area contributed by atoms with Crippen LogP contribution in [0.3, 0.4) is 0 Å². The van der Waals surface area contributed by atoms with Gasteiger partial charge in [0.15, 0.2) is 0 Å². The normalized spacial score (nSPS) is 16.1. The molecule has 1 saturated carbocycles. The molecule has 0 bridgehead atoms. The van der Waals surface area contributed by atoms with E-state index >= 15 is 0 Å². The molecule has 3 rings (SSSR count). The fourth-order valence-corrected chi connectivity index (χ4v) is 2.79. The molecule has 2 aromatic carbocycles. The van der Waals surface area contributed by atoms with Crippen LogP contribution in [0.25, 0.3) is 0 Å². The van der Waals surface area contributed by atoms with Gasteiger partial charge in [-0.15, -0.1) is 0 Å². The van der Waals surface area contributed by atoms with Gasteiger partial charge < -0.3 is 5.11 Å². The number of aliphatic hydroxyl groups excluding tert-OH is 1. The molecule has 104 valence electrons. The van der Waals surface area contributed by atoms with E-state index in [0.29, 0.717) is 16.5 Å². The standard InChI is InChI=1S/C17H16ClFO/c18-13-7-8-16(19)12(9-13)10-17(20)15-4-2-1-3-14(15)11-5-6-11/h1-4,7-9,11,17,20H,5-6,10H2. The molecule has 1 atom stereocenters. The molecule has 1 aliphatic carbocycles. The molecule has 1 nitrogen and oxygen atoms in total. The van der Waals surface area contributed by atoms with E-state index in [-0.39, 0.29) is 12.2 Å². The van der Waals surface area contributed by atoms with Crippen LogP contribution in [0.1, 0.15) is 41.6 Å². The van der Waals surface area contributed by atoms with Crippen LogP contribution in [0, 0.1) is 5.82 Å². The van der Waals surface area contributed by atoms with Gasteiger partial charge in [-0.1, -0.05) is 35.9 Å². The maximum atomic E-state index is 13.7. The molecule has 1 fully saturated rings. The summed E-state index contributed by atoms with van der Waals surface area (Å²) in [5.74, 6) is 0.238. The van der Waals surface area contributed by atoms with Crippen molar-refractivity contribution < 1.29 is 9.50 Å². The Balaban J connectivity index is 1.86. The molecule has 1 aliphatic rings. The second-order valence-corrected chi connectivity index (χ2v) is 5.80. The highest BCUT2D eigenvalue weighted by atomic mass is 35.5. The zero-order chi connectivity index (χ0) is 14.1. The van der Waals surface area contributed by atoms with Crippen LogP contribution in [0.2, 0.25) is 5.02 Å². The smallest absolute Gasteiger partial charge is 0.126 e.